The van der Waals surface area contributed by atoms with Gasteiger partial charge in [0.2, 0.25) is 0 Å². The van der Waals surface area contributed by atoms with Gasteiger partial charge >= 0.3 is 0 Å². The van der Waals surface area contributed by atoms with Gasteiger partial charge in [-0.2, -0.15) is 0 Å². The number of hydrogen-bond acceptors (Lipinski definition) is 3. The zero-order chi connectivity index (χ0) is 10.4. The Morgan fingerprint density at radius 2 is 2.00 bits per heavy atom. The Kier molecular flexibility index (Phi) is 4.26. The lowest BCUT2D eigenvalue weighted by Crippen LogP contribution is -2.23. The Morgan fingerprint density at radius 1 is 1.36 bits per heavy atom. The third-order valence-electron chi connectivity index (χ3n) is 2.14. The van der Waals surface area contributed by atoms with Gasteiger partial charge in [0.15, 0.2) is 0 Å². The lowest BCUT2D eigenvalue weighted by molar-refractivity contribution is 0.268. The predicted octanol–water partition coefficient (Wildman–Crippen LogP) is 1.84. The van der Waals surface area contributed by atoms with Gasteiger partial charge in [-0.3, -0.25) is 0 Å². The van der Waals surface area contributed by atoms with E-state index in [0.29, 0.717) is 0 Å². The highest BCUT2D eigenvalue weighted by atomic mass is 16.3. The molecule has 3 nitrogen and oxygen atoms in total. The van der Waals surface area contributed by atoms with Crippen molar-refractivity contribution in [3.8, 4) is 0 Å². The molecule has 0 aliphatic rings. The SMILES string of the molecule is CCCC(CO)Nc1ccc(N)cc1. The topological polar surface area (TPSA) is 58.3 Å². The van der Waals surface area contributed by atoms with E-state index in [1.54, 1.807) is 0 Å². The molecule has 0 heterocycles. The number of anilines is 2. The van der Waals surface area contributed by atoms with Crippen LogP contribution in [0.25, 0.3) is 0 Å². The third-order valence-corrected chi connectivity index (χ3v) is 2.14. The fraction of sp³-hybridized carbons (Fsp3) is 0.455. The Bertz CT molecular complexity index is 258. The lowest BCUT2D eigenvalue weighted by atomic mass is 10.1. The van der Waals surface area contributed by atoms with Gasteiger partial charge in [0.25, 0.3) is 0 Å². The molecule has 0 saturated heterocycles. The summed E-state index contributed by atoms with van der Waals surface area (Å²) in [5.41, 5.74) is 7.33. The summed E-state index contributed by atoms with van der Waals surface area (Å²) in [6.07, 6.45) is 2.04. The van der Waals surface area contributed by atoms with Gasteiger partial charge in [0.05, 0.1) is 6.61 Å². The first-order valence-electron chi connectivity index (χ1n) is 4.99. The summed E-state index contributed by atoms with van der Waals surface area (Å²) < 4.78 is 0. The monoisotopic (exact) mass is 194 g/mol. The van der Waals surface area contributed by atoms with E-state index in [9.17, 15) is 0 Å². The van der Waals surface area contributed by atoms with Crippen molar-refractivity contribution in [3.63, 3.8) is 0 Å². The number of aliphatic hydroxyl groups excluding tert-OH is 1. The summed E-state index contributed by atoms with van der Waals surface area (Å²) in [6.45, 7) is 2.27. The summed E-state index contributed by atoms with van der Waals surface area (Å²) in [4.78, 5) is 0. The molecule has 0 radical (unpaired) electrons. The summed E-state index contributed by atoms with van der Waals surface area (Å²) in [5, 5.41) is 12.3. The summed E-state index contributed by atoms with van der Waals surface area (Å²) in [7, 11) is 0. The van der Waals surface area contributed by atoms with Gasteiger partial charge in [0.1, 0.15) is 0 Å². The first kappa shape index (κ1) is 10.9. The molecule has 0 aromatic heterocycles. The number of nitrogens with two attached hydrogens (primary N) is 1. The van der Waals surface area contributed by atoms with E-state index in [4.69, 9.17) is 10.8 Å². The highest BCUT2D eigenvalue weighted by Gasteiger charge is 2.04. The average Bonchev–Trinajstić information content (AvgIpc) is 2.20. The third kappa shape index (κ3) is 3.26. The number of benzene rings is 1. The quantitative estimate of drug-likeness (QED) is 0.627. The maximum Gasteiger partial charge on any atom is 0.0632 e. The molecular formula is C11H18N2O. The fourth-order valence-corrected chi connectivity index (χ4v) is 1.37. The molecule has 4 N–H and O–H groups in total. The van der Waals surface area contributed by atoms with Gasteiger partial charge in [-0.25, -0.2) is 0 Å². The molecule has 1 rings (SSSR count). The maximum atomic E-state index is 9.09. The van der Waals surface area contributed by atoms with Gasteiger partial charge in [-0.05, 0) is 30.7 Å². The molecule has 1 atom stereocenters. The molecule has 0 saturated carbocycles. The molecule has 1 aromatic carbocycles. The molecule has 0 aliphatic carbocycles. The molecule has 1 aromatic rings. The minimum atomic E-state index is 0.142. The zero-order valence-corrected chi connectivity index (χ0v) is 8.53. The van der Waals surface area contributed by atoms with Crippen molar-refractivity contribution in [3.05, 3.63) is 24.3 Å². The largest absolute Gasteiger partial charge is 0.399 e. The van der Waals surface area contributed by atoms with Crippen molar-refractivity contribution in [1.82, 2.24) is 0 Å². The van der Waals surface area contributed by atoms with Crippen LogP contribution in [0.3, 0.4) is 0 Å². The van der Waals surface area contributed by atoms with Crippen molar-refractivity contribution < 1.29 is 5.11 Å². The Balaban J connectivity index is 2.53. The van der Waals surface area contributed by atoms with Crippen LogP contribution in [-0.2, 0) is 0 Å². The van der Waals surface area contributed by atoms with Gasteiger partial charge < -0.3 is 16.2 Å². The van der Waals surface area contributed by atoms with E-state index >= 15 is 0 Å². The first-order valence-corrected chi connectivity index (χ1v) is 4.99. The van der Waals surface area contributed by atoms with Crippen LogP contribution < -0.4 is 11.1 Å². The number of nitrogens with one attached hydrogen (secondary N) is 1. The van der Waals surface area contributed by atoms with Crippen molar-refractivity contribution >= 4 is 11.4 Å². The van der Waals surface area contributed by atoms with Crippen LogP contribution in [-0.4, -0.2) is 17.8 Å². The van der Waals surface area contributed by atoms with Crippen molar-refractivity contribution in [1.29, 1.82) is 0 Å². The second-order valence-corrected chi connectivity index (χ2v) is 3.43. The van der Waals surface area contributed by atoms with E-state index in [1.165, 1.54) is 0 Å². The number of nitrogen functional groups attached to an aromatic ring is 1. The van der Waals surface area contributed by atoms with Crippen molar-refractivity contribution in [2.75, 3.05) is 17.7 Å². The van der Waals surface area contributed by atoms with Crippen LogP contribution in [0.2, 0.25) is 0 Å². The summed E-state index contributed by atoms with van der Waals surface area (Å²) in [5.74, 6) is 0. The second kappa shape index (κ2) is 5.50. The molecule has 14 heavy (non-hydrogen) atoms. The van der Waals surface area contributed by atoms with Gasteiger partial charge in [0, 0.05) is 17.4 Å². The van der Waals surface area contributed by atoms with Gasteiger partial charge in [-0.1, -0.05) is 13.3 Å². The lowest BCUT2D eigenvalue weighted by Gasteiger charge is -2.16. The Labute approximate surface area is 84.9 Å². The predicted molar refractivity (Wildman–Crippen MR) is 60.3 cm³/mol. The van der Waals surface area contributed by atoms with E-state index in [-0.39, 0.29) is 12.6 Å². The molecule has 1 unspecified atom stereocenters. The zero-order valence-electron chi connectivity index (χ0n) is 8.53. The van der Waals surface area contributed by atoms with E-state index in [2.05, 4.69) is 12.2 Å². The van der Waals surface area contributed by atoms with Crippen LogP contribution in [0.4, 0.5) is 11.4 Å². The first-order chi connectivity index (χ1) is 6.76. The van der Waals surface area contributed by atoms with Crippen LogP contribution in [0.5, 0.6) is 0 Å². The van der Waals surface area contributed by atoms with Crippen LogP contribution >= 0.6 is 0 Å². The van der Waals surface area contributed by atoms with Crippen LogP contribution in [0, 0.1) is 0 Å². The molecule has 78 valence electrons. The minimum absolute atomic E-state index is 0.142. The Morgan fingerprint density at radius 3 is 2.50 bits per heavy atom. The van der Waals surface area contributed by atoms with Crippen LogP contribution in [0.15, 0.2) is 24.3 Å². The van der Waals surface area contributed by atoms with Crippen LogP contribution in [0.1, 0.15) is 19.8 Å². The number of hydrogen-bond donors (Lipinski definition) is 3. The highest BCUT2D eigenvalue weighted by Crippen LogP contribution is 2.13. The normalized spacial score (nSPS) is 12.4. The standard InChI is InChI=1S/C11H18N2O/c1-2-3-11(8-14)13-10-6-4-9(12)5-7-10/h4-7,11,13-14H,2-3,8,12H2,1H3. The summed E-state index contributed by atoms with van der Waals surface area (Å²) >= 11 is 0. The molecule has 3 heteroatoms. The minimum Gasteiger partial charge on any atom is -0.399 e. The van der Waals surface area contributed by atoms with Gasteiger partial charge in [-0.15, -0.1) is 0 Å². The highest BCUT2D eigenvalue weighted by molar-refractivity contribution is 5.51. The maximum absolute atomic E-state index is 9.09. The smallest absolute Gasteiger partial charge is 0.0632 e. The molecule has 0 bridgehead atoms. The Hall–Kier alpha value is -1.22. The molecule has 0 fully saturated rings. The van der Waals surface area contributed by atoms with Crippen molar-refractivity contribution in [2.45, 2.75) is 25.8 Å². The number of rotatable bonds is 5. The second-order valence-electron chi connectivity index (χ2n) is 3.43. The van der Waals surface area contributed by atoms with Crippen molar-refractivity contribution in [2.24, 2.45) is 0 Å². The molecular weight excluding hydrogens is 176 g/mol. The fourth-order valence-electron chi connectivity index (χ4n) is 1.37. The molecule has 0 aliphatic heterocycles. The van der Waals surface area contributed by atoms with E-state index < -0.39 is 0 Å². The molecule has 0 spiro atoms. The number of aliphatic hydroxyl groups is 1. The molecule has 0 amide bonds. The van der Waals surface area contributed by atoms with E-state index in [1.807, 2.05) is 24.3 Å². The average molecular weight is 194 g/mol. The summed E-state index contributed by atoms with van der Waals surface area (Å²) in [6, 6.07) is 7.69. The van der Waals surface area contributed by atoms with E-state index in [0.717, 1.165) is 24.2 Å².